The van der Waals surface area contributed by atoms with Crippen LogP contribution in [-0.2, 0) is 0 Å². The second-order valence-corrected chi connectivity index (χ2v) is 14.7. The summed E-state index contributed by atoms with van der Waals surface area (Å²) in [5.41, 5.74) is 3.82. The molecule has 0 unspecified atom stereocenters. The Hall–Kier alpha value is -5.74. The van der Waals surface area contributed by atoms with Crippen LogP contribution in [0.15, 0.2) is 158 Å². The third-order valence-electron chi connectivity index (χ3n) is 8.03. The summed E-state index contributed by atoms with van der Waals surface area (Å²) in [5, 5.41) is 1.70. The SMILES string of the molecule is O=C(CC(=O)c1ccc(N(c2ccccc2)c2ccccc2)s1)c1ccc(C(=O)CC(=O)c2ccc(N(c3ccccc3)c3ccccc3)s2)s1. The molecule has 0 aliphatic rings. The summed E-state index contributed by atoms with van der Waals surface area (Å²) in [5.74, 6) is -1.30. The summed E-state index contributed by atoms with van der Waals surface area (Å²) in [7, 11) is 0. The first-order chi connectivity index (χ1) is 24.9. The van der Waals surface area contributed by atoms with Crippen molar-refractivity contribution >= 4 is 89.9 Å². The molecular weight excluding hydrogens is 693 g/mol. The molecule has 7 aromatic rings. The number of rotatable bonds is 14. The summed E-state index contributed by atoms with van der Waals surface area (Å²) >= 11 is 3.67. The number of ketones is 4. The highest BCUT2D eigenvalue weighted by Gasteiger charge is 2.23. The number of hydrogen-bond donors (Lipinski definition) is 0. The summed E-state index contributed by atoms with van der Waals surface area (Å²) in [6.45, 7) is 0. The van der Waals surface area contributed by atoms with Crippen molar-refractivity contribution in [2.75, 3.05) is 9.80 Å². The van der Waals surface area contributed by atoms with Gasteiger partial charge in [-0.15, -0.1) is 34.0 Å². The van der Waals surface area contributed by atoms with E-state index in [9.17, 15) is 19.2 Å². The van der Waals surface area contributed by atoms with E-state index in [-0.39, 0.29) is 36.0 Å². The highest BCUT2D eigenvalue weighted by atomic mass is 32.1. The Balaban J connectivity index is 1.00. The molecule has 0 spiro atoms. The van der Waals surface area contributed by atoms with Crippen molar-refractivity contribution in [2.45, 2.75) is 12.8 Å². The lowest BCUT2D eigenvalue weighted by Gasteiger charge is -2.23. The third-order valence-corrected chi connectivity index (χ3v) is 11.4. The molecule has 9 heteroatoms. The zero-order valence-corrected chi connectivity index (χ0v) is 29.6. The molecular formula is C42H30N2O4S3. The molecule has 6 nitrogen and oxygen atoms in total. The van der Waals surface area contributed by atoms with Gasteiger partial charge < -0.3 is 9.80 Å². The smallest absolute Gasteiger partial charge is 0.180 e. The number of hydrogen-bond acceptors (Lipinski definition) is 9. The summed E-state index contributed by atoms with van der Waals surface area (Å²) in [6, 6.07) is 49.9. The van der Waals surface area contributed by atoms with Crippen molar-refractivity contribution in [3.8, 4) is 0 Å². The van der Waals surface area contributed by atoms with Crippen molar-refractivity contribution in [1.29, 1.82) is 0 Å². The second-order valence-electron chi connectivity index (χ2n) is 11.5. The molecule has 3 heterocycles. The molecule has 3 aromatic heterocycles. The lowest BCUT2D eigenvalue weighted by atomic mass is 10.1. The van der Waals surface area contributed by atoms with Gasteiger partial charge in [0.2, 0.25) is 0 Å². The van der Waals surface area contributed by atoms with E-state index >= 15 is 0 Å². The Labute approximate surface area is 307 Å². The van der Waals surface area contributed by atoms with Gasteiger partial charge in [-0.1, -0.05) is 72.8 Å². The topological polar surface area (TPSA) is 74.8 Å². The van der Waals surface area contributed by atoms with Gasteiger partial charge >= 0.3 is 0 Å². The van der Waals surface area contributed by atoms with Crippen molar-refractivity contribution in [3.05, 3.63) is 177 Å². The van der Waals surface area contributed by atoms with Crippen LogP contribution in [0.5, 0.6) is 0 Å². The number of benzene rings is 4. The summed E-state index contributed by atoms with van der Waals surface area (Å²) in [6.07, 6.45) is -0.637. The molecule has 0 bridgehead atoms. The maximum absolute atomic E-state index is 13.3. The highest BCUT2D eigenvalue weighted by molar-refractivity contribution is 7.19. The summed E-state index contributed by atoms with van der Waals surface area (Å²) in [4.78, 5) is 58.6. The average Bonchev–Trinajstić information content (AvgIpc) is 3.96. The molecule has 4 aromatic carbocycles. The monoisotopic (exact) mass is 722 g/mol. The van der Waals surface area contributed by atoms with E-state index in [4.69, 9.17) is 0 Å². The van der Waals surface area contributed by atoms with Gasteiger partial charge in [0.1, 0.15) is 10.0 Å². The van der Waals surface area contributed by atoms with E-state index in [2.05, 4.69) is 9.80 Å². The van der Waals surface area contributed by atoms with Gasteiger partial charge in [0.15, 0.2) is 23.1 Å². The van der Waals surface area contributed by atoms with E-state index in [1.54, 1.807) is 24.3 Å². The Kier molecular flexibility index (Phi) is 10.2. The molecule has 0 aliphatic carbocycles. The molecule has 0 amide bonds. The molecule has 0 radical (unpaired) electrons. The fraction of sp³-hybridized carbons (Fsp3) is 0.0476. The van der Waals surface area contributed by atoms with Crippen LogP contribution in [0.2, 0.25) is 0 Å². The van der Waals surface area contributed by atoms with Gasteiger partial charge in [-0.25, -0.2) is 0 Å². The molecule has 51 heavy (non-hydrogen) atoms. The predicted molar refractivity (Wildman–Crippen MR) is 209 cm³/mol. The molecule has 0 saturated heterocycles. The largest absolute Gasteiger partial charge is 0.302 e. The van der Waals surface area contributed by atoms with Crippen molar-refractivity contribution < 1.29 is 19.2 Å². The molecule has 0 aliphatic heterocycles. The van der Waals surface area contributed by atoms with Crippen molar-refractivity contribution in [2.24, 2.45) is 0 Å². The van der Waals surface area contributed by atoms with Crippen LogP contribution in [0, 0.1) is 0 Å². The van der Waals surface area contributed by atoms with Crippen molar-refractivity contribution in [1.82, 2.24) is 0 Å². The van der Waals surface area contributed by atoms with E-state index in [0.29, 0.717) is 19.5 Å². The maximum atomic E-state index is 13.3. The second kappa shape index (κ2) is 15.4. The predicted octanol–water partition coefficient (Wildman–Crippen LogP) is 11.7. The number of carbonyl (C=O) groups excluding carboxylic acids is 4. The zero-order valence-electron chi connectivity index (χ0n) is 27.2. The van der Waals surface area contributed by atoms with Crippen LogP contribution in [0.3, 0.4) is 0 Å². The Morgan fingerprint density at radius 2 is 0.588 bits per heavy atom. The first-order valence-electron chi connectivity index (χ1n) is 16.2. The number of para-hydroxylation sites is 4. The minimum atomic E-state index is -0.363. The average molecular weight is 723 g/mol. The first kappa shape index (κ1) is 33.7. The summed E-state index contributed by atoms with van der Waals surface area (Å²) < 4.78 is 0. The van der Waals surface area contributed by atoms with Gasteiger partial charge in [-0.2, -0.15) is 0 Å². The Morgan fingerprint density at radius 3 is 0.882 bits per heavy atom. The minimum absolute atomic E-state index is 0.290. The van der Waals surface area contributed by atoms with Crippen molar-refractivity contribution in [3.63, 3.8) is 0 Å². The van der Waals surface area contributed by atoms with Gasteiger partial charge in [0.25, 0.3) is 0 Å². The quantitative estimate of drug-likeness (QED) is 0.0822. The number of Topliss-reactive ketones (excluding diaryl/α,β-unsaturated/α-hetero) is 4. The minimum Gasteiger partial charge on any atom is -0.302 e. The number of nitrogens with zero attached hydrogens (tertiary/aromatic N) is 2. The first-order valence-corrected chi connectivity index (χ1v) is 18.6. The van der Waals surface area contributed by atoms with Gasteiger partial charge in [0.05, 0.1) is 32.4 Å². The Bertz CT molecular complexity index is 2050. The molecule has 0 atom stereocenters. The zero-order chi connectivity index (χ0) is 35.2. The number of carbonyl (C=O) groups is 4. The lowest BCUT2D eigenvalue weighted by Crippen LogP contribution is -2.08. The normalized spacial score (nSPS) is 10.8. The molecule has 0 saturated carbocycles. The fourth-order valence-corrected chi connectivity index (χ4v) is 8.44. The standard InChI is InChI=1S/C42H30N2O4S3/c45-33(27-35(47)39-23-25-41(50-39)43(29-13-5-1-6-14-29)30-15-7-2-8-16-30)37-21-22-38(49-37)34(46)28-36(48)40-24-26-42(51-40)44(31-17-9-3-10-18-31)32-19-11-4-12-20-32/h1-26H,27-28H2. The molecule has 0 fully saturated rings. The van der Waals surface area contributed by atoms with Crippen LogP contribution in [0.25, 0.3) is 0 Å². The van der Waals surface area contributed by atoms with Gasteiger partial charge in [-0.05, 0) is 84.9 Å². The van der Waals surface area contributed by atoms with Crippen LogP contribution < -0.4 is 9.80 Å². The number of thiophene rings is 3. The van der Waals surface area contributed by atoms with Gasteiger partial charge in [0, 0.05) is 22.7 Å². The maximum Gasteiger partial charge on any atom is 0.180 e. The highest BCUT2D eigenvalue weighted by Crippen LogP contribution is 2.40. The number of anilines is 6. The van der Waals surface area contributed by atoms with E-state index in [0.717, 1.165) is 44.1 Å². The molecule has 0 N–H and O–H groups in total. The van der Waals surface area contributed by atoms with E-state index < -0.39 is 0 Å². The van der Waals surface area contributed by atoms with Gasteiger partial charge in [-0.3, -0.25) is 19.2 Å². The Morgan fingerprint density at radius 1 is 0.333 bits per heavy atom. The van der Waals surface area contributed by atoms with E-state index in [1.807, 2.05) is 133 Å². The van der Waals surface area contributed by atoms with Crippen LogP contribution in [0.1, 0.15) is 51.5 Å². The van der Waals surface area contributed by atoms with E-state index in [1.165, 1.54) is 22.7 Å². The third kappa shape index (κ3) is 7.71. The molecule has 7 rings (SSSR count). The van der Waals surface area contributed by atoms with Crippen LogP contribution in [0.4, 0.5) is 32.8 Å². The van der Waals surface area contributed by atoms with Crippen LogP contribution in [-0.4, -0.2) is 23.1 Å². The lowest BCUT2D eigenvalue weighted by molar-refractivity contribution is 0.0883. The van der Waals surface area contributed by atoms with Crippen LogP contribution >= 0.6 is 34.0 Å². The molecule has 250 valence electrons. The fourth-order valence-electron chi connectivity index (χ4n) is 5.59.